The van der Waals surface area contributed by atoms with Crippen LogP contribution in [0.5, 0.6) is 0 Å². The van der Waals surface area contributed by atoms with E-state index in [4.69, 9.17) is 0 Å². The number of hydrogen-bond acceptors (Lipinski definition) is 1. The van der Waals surface area contributed by atoms with Crippen LogP contribution in [0.3, 0.4) is 0 Å². The van der Waals surface area contributed by atoms with Gasteiger partial charge in [0.15, 0.2) is 0 Å². The monoisotopic (exact) mass is 183 g/mol. The Hall–Kier alpha value is -0.790. The molecule has 1 N–H and O–H groups in total. The van der Waals surface area contributed by atoms with Crippen LogP contribution < -0.4 is 5.32 Å². The molecular formula is C11H21NO. The first kappa shape index (κ1) is 12.2. The Kier molecular flexibility index (Phi) is 4.74. The van der Waals surface area contributed by atoms with Gasteiger partial charge < -0.3 is 5.32 Å². The zero-order chi connectivity index (χ0) is 10.5. The fraction of sp³-hybridized carbons (Fsp3) is 0.727. The van der Waals surface area contributed by atoms with Crippen LogP contribution in [0, 0.1) is 5.92 Å². The van der Waals surface area contributed by atoms with Crippen molar-refractivity contribution < 1.29 is 4.79 Å². The molecule has 1 amide bonds. The zero-order valence-electron chi connectivity index (χ0n) is 9.18. The van der Waals surface area contributed by atoms with Gasteiger partial charge >= 0.3 is 0 Å². The molecule has 0 bridgehead atoms. The zero-order valence-corrected chi connectivity index (χ0v) is 9.18. The van der Waals surface area contributed by atoms with E-state index in [9.17, 15) is 4.79 Å². The summed E-state index contributed by atoms with van der Waals surface area (Å²) in [5.41, 5.74) is -0.0612. The summed E-state index contributed by atoms with van der Waals surface area (Å²) in [6.45, 7) is 11.7. The van der Waals surface area contributed by atoms with Gasteiger partial charge in [-0.15, -0.1) is 6.58 Å². The highest BCUT2D eigenvalue weighted by molar-refractivity contribution is 5.80. The molecule has 1 atom stereocenters. The van der Waals surface area contributed by atoms with Crippen LogP contribution >= 0.6 is 0 Å². The molecule has 2 nitrogen and oxygen atoms in total. The van der Waals surface area contributed by atoms with Crippen LogP contribution in [0.25, 0.3) is 0 Å². The molecule has 0 aliphatic carbocycles. The van der Waals surface area contributed by atoms with Crippen LogP contribution in [-0.2, 0) is 4.79 Å². The molecule has 0 spiro atoms. The fourth-order valence-corrected chi connectivity index (χ4v) is 0.945. The van der Waals surface area contributed by atoms with Crippen molar-refractivity contribution in [1.29, 1.82) is 0 Å². The first-order valence-corrected chi connectivity index (χ1v) is 4.93. The Morgan fingerprint density at radius 3 is 2.31 bits per heavy atom. The second kappa shape index (κ2) is 5.05. The van der Waals surface area contributed by atoms with Crippen LogP contribution in [0.15, 0.2) is 12.7 Å². The van der Waals surface area contributed by atoms with Gasteiger partial charge in [-0.3, -0.25) is 4.79 Å². The van der Waals surface area contributed by atoms with Crippen molar-refractivity contribution in [2.45, 2.75) is 46.1 Å². The van der Waals surface area contributed by atoms with Crippen LogP contribution in [-0.4, -0.2) is 11.4 Å². The van der Waals surface area contributed by atoms with Crippen molar-refractivity contribution in [2.24, 2.45) is 5.92 Å². The smallest absolute Gasteiger partial charge is 0.227 e. The molecule has 0 aliphatic rings. The Morgan fingerprint density at radius 2 is 2.00 bits per heavy atom. The summed E-state index contributed by atoms with van der Waals surface area (Å²) >= 11 is 0. The van der Waals surface area contributed by atoms with Crippen molar-refractivity contribution in [1.82, 2.24) is 5.32 Å². The summed E-state index contributed by atoms with van der Waals surface area (Å²) in [6.07, 6.45) is 3.58. The third kappa shape index (κ3) is 3.62. The maximum atomic E-state index is 11.5. The molecule has 76 valence electrons. The molecule has 0 aromatic heterocycles. The minimum atomic E-state index is -0.0996. The Labute approximate surface area is 81.4 Å². The van der Waals surface area contributed by atoms with Crippen LogP contribution in [0.2, 0.25) is 0 Å². The number of amides is 1. The molecule has 0 aromatic carbocycles. The SMILES string of the molecule is C=CC(C)C(=O)NC(C)(CC)CC. The molecule has 2 heteroatoms. The third-order valence-corrected chi connectivity index (χ3v) is 2.75. The molecule has 0 fully saturated rings. The van der Waals surface area contributed by atoms with E-state index in [1.54, 1.807) is 6.08 Å². The molecule has 0 saturated carbocycles. The quantitative estimate of drug-likeness (QED) is 0.652. The Bertz CT molecular complexity index is 183. The van der Waals surface area contributed by atoms with Crippen molar-refractivity contribution in [2.75, 3.05) is 0 Å². The Balaban J connectivity index is 4.24. The summed E-state index contributed by atoms with van der Waals surface area (Å²) in [7, 11) is 0. The number of nitrogens with one attached hydrogen (secondary N) is 1. The van der Waals surface area contributed by atoms with E-state index in [1.165, 1.54) is 0 Å². The molecule has 0 rings (SSSR count). The van der Waals surface area contributed by atoms with Crippen molar-refractivity contribution in [3.63, 3.8) is 0 Å². The van der Waals surface area contributed by atoms with Gasteiger partial charge in [0, 0.05) is 5.54 Å². The van der Waals surface area contributed by atoms with Crippen LogP contribution in [0.1, 0.15) is 40.5 Å². The number of carbonyl (C=O) groups excluding carboxylic acids is 1. The molecule has 0 radical (unpaired) electrons. The van der Waals surface area contributed by atoms with E-state index in [2.05, 4.69) is 32.7 Å². The first-order valence-electron chi connectivity index (χ1n) is 4.93. The average molecular weight is 183 g/mol. The summed E-state index contributed by atoms with van der Waals surface area (Å²) in [4.78, 5) is 11.5. The normalized spacial score (nSPS) is 13.5. The van der Waals surface area contributed by atoms with E-state index in [1.807, 2.05) is 6.92 Å². The molecular weight excluding hydrogens is 162 g/mol. The van der Waals surface area contributed by atoms with Gasteiger partial charge in [0.1, 0.15) is 0 Å². The molecule has 0 aromatic rings. The van der Waals surface area contributed by atoms with Crippen molar-refractivity contribution in [3.05, 3.63) is 12.7 Å². The van der Waals surface area contributed by atoms with E-state index >= 15 is 0 Å². The molecule has 1 unspecified atom stereocenters. The van der Waals surface area contributed by atoms with Gasteiger partial charge in [-0.05, 0) is 19.8 Å². The Morgan fingerprint density at radius 1 is 1.54 bits per heavy atom. The van der Waals surface area contributed by atoms with Gasteiger partial charge in [0.05, 0.1) is 5.92 Å². The second-order valence-corrected chi connectivity index (χ2v) is 3.78. The fourth-order valence-electron chi connectivity index (χ4n) is 0.945. The van der Waals surface area contributed by atoms with E-state index in [-0.39, 0.29) is 17.4 Å². The molecule has 0 heterocycles. The minimum absolute atomic E-state index is 0.0612. The molecule has 0 saturated heterocycles. The van der Waals surface area contributed by atoms with Gasteiger partial charge in [0.2, 0.25) is 5.91 Å². The predicted octanol–water partition coefficient (Wildman–Crippen LogP) is 2.50. The number of hydrogen-bond donors (Lipinski definition) is 1. The topological polar surface area (TPSA) is 29.1 Å². The summed E-state index contributed by atoms with van der Waals surface area (Å²) in [5, 5.41) is 3.03. The lowest BCUT2D eigenvalue weighted by atomic mass is 9.94. The van der Waals surface area contributed by atoms with Crippen LogP contribution in [0.4, 0.5) is 0 Å². The predicted molar refractivity (Wildman–Crippen MR) is 56.5 cm³/mol. The lowest BCUT2D eigenvalue weighted by molar-refractivity contribution is -0.125. The molecule has 0 aliphatic heterocycles. The highest BCUT2D eigenvalue weighted by atomic mass is 16.2. The number of carbonyl (C=O) groups is 1. The summed E-state index contributed by atoms with van der Waals surface area (Å²) < 4.78 is 0. The van der Waals surface area contributed by atoms with Crippen molar-refractivity contribution >= 4 is 5.91 Å². The summed E-state index contributed by atoms with van der Waals surface area (Å²) in [5.74, 6) is -0.0291. The first-order chi connectivity index (χ1) is 5.99. The highest BCUT2D eigenvalue weighted by Crippen LogP contribution is 2.14. The standard InChI is InChI=1S/C11H21NO/c1-6-9(4)10(13)12-11(5,7-2)8-3/h6,9H,1,7-8H2,2-5H3,(H,12,13). The maximum absolute atomic E-state index is 11.5. The second-order valence-electron chi connectivity index (χ2n) is 3.78. The lowest BCUT2D eigenvalue weighted by Crippen LogP contribution is -2.46. The average Bonchev–Trinajstić information content (AvgIpc) is 2.16. The van der Waals surface area contributed by atoms with Gasteiger partial charge in [0.25, 0.3) is 0 Å². The van der Waals surface area contributed by atoms with E-state index in [0.717, 1.165) is 12.8 Å². The lowest BCUT2D eigenvalue weighted by Gasteiger charge is -2.29. The summed E-state index contributed by atoms with van der Waals surface area (Å²) in [6, 6.07) is 0. The van der Waals surface area contributed by atoms with Gasteiger partial charge in [-0.2, -0.15) is 0 Å². The third-order valence-electron chi connectivity index (χ3n) is 2.75. The van der Waals surface area contributed by atoms with Gasteiger partial charge in [-0.1, -0.05) is 26.8 Å². The maximum Gasteiger partial charge on any atom is 0.227 e. The van der Waals surface area contributed by atoms with Gasteiger partial charge in [-0.25, -0.2) is 0 Å². The molecule has 13 heavy (non-hydrogen) atoms. The number of rotatable bonds is 5. The largest absolute Gasteiger partial charge is 0.350 e. The van der Waals surface area contributed by atoms with Crippen molar-refractivity contribution in [3.8, 4) is 0 Å². The van der Waals surface area contributed by atoms with E-state index < -0.39 is 0 Å². The minimum Gasteiger partial charge on any atom is -0.350 e. The highest BCUT2D eigenvalue weighted by Gasteiger charge is 2.23. The van der Waals surface area contributed by atoms with E-state index in [0.29, 0.717) is 0 Å².